The predicted octanol–water partition coefficient (Wildman–Crippen LogP) is 3.05. The lowest BCUT2D eigenvalue weighted by Gasteiger charge is -2.12. The highest BCUT2D eigenvalue weighted by Gasteiger charge is 2.15. The van der Waals surface area contributed by atoms with Crippen molar-refractivity contribution in [3.05, 3.63) is 35.9 Å². The van der Waals surface area contributed by atoms with Gasteiger partial charge in [-0.1, -0.05) is 24.3 Å². The molecule has 0 heterocycles. The summed E-state index contributed by atoms with van der Waals surface area (Å²) < 4.78 is 10.5. The molecule has 0 aliphatic rings. The van der Waals surface area contributed by atoms with Gasteiger partial charge in [-0.15, -0.1) is 0 Å². The number of benzene rings is 1. The number of hydrogen-bond donors (Lipinski definition) is 0. The Hall–Kier alpha value is -1.77. The van der Waals surface area contributed by atoms with Crippen LogP contribution < -0.4 is 4.74 Å². The molecule has 0 radical (unpaired) electrons. The van der Waals surface area contributed by atoms with E-state index in [1.54, 1.807) is 13.0 Å². The smallest absolute Gasteiger partial charge is 0.338 e. The largest absolute Gasteiger partial charge is 0.493 e. The fourth-order valence-corrected chi connectivity index (χ4v) is 1.56. The van der Waals surface area contributed by atoms with Gasteiger partial charge in [0.25, 0.3) is 0 Å². The van der Waals surface area contributed by atoms with Gasteiger partial charge in [0.05, 0.1) is 18.8 Å². The lowest BCUT2D eigenvalue weighted by atomic mass is 10.0. The van der Waals surface area contributed by atoms with E-state index in [1.165, 1.54) is 0 Å². The van der Waals surface area contributed by atoms with Crippen molar-refractivity contribution in [1.82, 2.24) is 0 Å². The normalized spacial score (nSPS) is 11.1. The highest BCUT2D eigenvalue weighted by molar-refractivity contribution is 6.17. The van der Waals surface area contributed by atoms with Crippen LogP contribution in [-0.2, 0) is 9.53 Å². The van der Waals surface area contributed by atoms with E-state index in [2.05, 4.69) is 0 Å². The van der Waals surface area contributed by atoms with Gasteiger partial charge in [0.1, 0.15) is 5.75 Å². The van der Waals surface area contributed by atoms with Crippen molar-refractivity contribution in [3.63, 3.8) is 0 Å². The molecule has 92 valence electrons. The highest BCUT2D eigenvalue weighted by atomic mass is 16.5. The van der Waals surface area contributed by atoms with Crippen molar-refractivity contribution in [1.29, 1.82) is 0 Å². The number of carbonyl (C=O) groups excluding carboxylic acids is 1. The van der Waals surface area contributed by atoms with Gasteiger partial charge >= 0.3 is 5.97 Å². The summed E-state index contributed by atoms with van der Waals surface area (Å²) in [5, 5.41) is 0. The molecule has 0 N–H and O–H groups in total. The third-order valence-electron chi connectivity index (χ3n) is 2.26. The van der Waals surface area contributed by atoms with Gasteiger partial charge in [-0.3, -0.25) is 0 Å². The van der Waals surface area contributed by atoms with Crippen LogP contribution >= 0.6 is 0 Å². The maximum atomic E-state index is 11.8. The van der Waals surface area contributed by atoms with Crippen molar-refractivity contribution in [3.8, 4) is 5.75 Å². The third kappa shape index (κ3) is 3.34. The Kier molecular flexibility index (Phi) is 5.27. The summed E-state index contributed by atoms with van der Waals surface area (Å²) in [6.45, 7) is 6.45. The molecule has 17 heavy (non-hydrogen) atoms. The molecule has 1 aromatic carbocycles. The van der Waals surface area contributed by atoms with E-state index < -0.39 is 0 Å². The van der Waals surface area contributed by atoms with Crippen LogP contribution in [0.4, 0.5) is 0 Å². The van der Waals surface area contributed by atoms with Crippen LogP contribution in [-0.4, -0.2) is 19.2 Å². The summed E-state index contributed by atoms with van der Waals surface area (Å²) in [6, 6.07) is 7.46. The van der Waals surface area contributed by atoms with Crippen LogP contribution in [0.2, 0.25) is 0 Å². The van der Waals surface area contributed by atoms with Crippen molar-refractivity contribution in [2.75, 3.05) is 13.2 Å². The summed E-state index contributed by atoms with van der Waals surface area (Å²) >= 11 is 0. The number of rotatable bonds is 5. The molecule has 0 aliphatic heterocycles. The zero-order chi connectivity index (χ0) is 12.7. The fourth-order valence-electron chi connectivity index (χ4n) is 1.56. The summed E-state index contributed by atoms with van der Waals surface area (Å²) in [5.41, 5.74) is 1.31. The predicted molar refractivity (Wildman–Crippen MR) is 67.9 cm³/mol. The molecule has 0 saturated heterocycles. The molecular formula is C14H18O3. The zero-order valence-electron chi connectivity index (χ0n) is 10.5. The molecule has 0 bridgehead atoms. The second kappa shape index (κ2) is 6.74. The van der Waals surface area contributed by atoms with Crippen LogP contribution in [0.25, 0.3) is 5.57 Å². The van der Waals surface area contributed by atoms with E-state index in [0.29, 0.717) is 24.5 Å². The first kappa shape index (κ1) is 13.3. The molecule has 0 aromatic heterocycles. The highest BCUT2D eigenvalue weighted by Crippen LogP contribution is 2.26. The molecule has 0 spiro atoms. The zero-order valence-corrected chi connectivity index (χ0v) is 10.5. The standard InChI is InChI=1S/C14H18O3/c1-4-11(14(15)17-6-3)12-9-7-8-10-13(12)16-5-2/h4,7-10H,5-6H2,1-3H3/b11-4+. The first-order valence-corrected chi connectivity index (χ1v) is 5.80. The summed E-state index contributed by atoms with van der Waals surface area (Å²) in [5.74, 6) is 0.387. The molecular weight excluding hydrogens is 216 g/mol. The number of hydrogen-bond acceptors (Lipinski definition) is 3. The SMILES string of the molecule is C/C=C(/C(=O)OCC)c1ccccc1OCC. The Morgan fingerprint density at radius 1 is 1.24 bits per heavy atom. The monoisotopic (exact) mass is 234 g/mol. The average Bonchev–Trinajstić information content (AvgIpc) is 2.33. The Morgan fingerprint density at radius 2 is 1.94 bits per heavy atom. The molecule has 1 rings (SSSR count). The quantitative estimate of drug-likeness (QED) is 0.580. The molecule has 1 aromatic rings. The van der Waals surface area contributed by atoms with Gasteiger partial charge in [0, 0.05) is 5.56 Å². The summed E-state index contributed by atoms with van der Waals surface area (Å²) in [4.78, 5) is 11.8. The van der Waals surface area contributed by atoms with E-state index in [4.69, 9.17) is 9.47 Å². The average molecular weight is 234 g/mol. The van der Waals surface area contributed by atoms with Gasteiger partial charge in [0.2, 0.25) is 0 Å². The lowest BCUT2D eigenvalue weighted by Crippen LogP contribution is -2.08. The molecule has 0 aliphatic carbocycles. The maximum Gasteiger partial charge on any atom is 0.338 e. The van der Waals surface area contributed by atoms with Crippen LogP contribution in [0.3, 0.4) is 0 Å². The van der Waals surface area contributed by atoms with Gasteiger partial charge in [-0.05, 0) is 26.8 Å². The molecule has 3 heteroatoms. The van der Waals surface area contributed by atoms with Gasteiger partial charge in [0.15, 0.2) is 0 Å². The Labute approximate surface area is 102 Å². The molecule has 0 atom stereocenters. The minimum absolute atomic E-state index is 0.317. The first-order chi connectivity index (χ1) is 8.24. The van der Waals surface area contributed by atoms with Gasteiger partial charge < -0.3 is 9.47 Å². The molecule has 0 saturated carbocycles. The number of para-hydroxylation sites is 1. The van der Waals surface area contributed by atoms with Crippen LogP contribution in [0, 0.1) is 0 Å². The second-order valence-electron chi connectivity index (χ2n) is 3.35. The van der Waals surface area contributed by atoms with Crippen molar-refractivity contribution < 1.29 is 14.3 Å². The number of ether oxygens (including phenoxy) is 2. The van der Waals surface area contributed by atoms with Gasteiger partial charge in [-0.2, -0.15) is 0 Å². The van der Waals surface area contributed by atoms with Crippen LogP contribution in [0.15, 0.2) is 30.3 Å². The summed E-state index contributed by atoms with van der Waals surface area (Å²) in [7, 11) is 0. The minimum atomic E-state index is -0.317. The fraction of sp³-hybridized carbons (Fsp3) is 0.357. The van der Waals surface area contributed by atoms with Crippen LogP contribution in [0.1, 0.15) is 26.3 Å². The van der Waals surface area contributed by atoms with E-state index in [-0.39, 0.29) is 5.97 Å². The molecule has 0 amide bonds. The van der Waals surface area contributed by atoms with E-state index in [1.807, 2.05) is 38.1 Å². The number of carbonyl (C=O) groups is 1. The molecule has 0 fully saturated rings. The van der Waals surface area contributed by atoms with E-state index in [9.17, 15) is 4.79 Å². The number of allylic oxidation sites excluding steroid dienone is 1. The Bertz CT molecular complexity index is 408. The Morgan fingerprint density at radius 3 is 2.53 bits per heavy atom. The topological polar surface area (TPSA) is 35.5 Å². The van der Waals surface area contributed by atoms with Crippen molar-refractivity contribution >= 4 is 11.5 Å². The van der Waals surface area contributed by atoms with Crippen molar-refractivity contribution in [2.24, 2.45) is 0 Å². The van der Waals surface area contributed by atoms with E-state index in [0.717, 1.165) is 5.56 Å². The lowest BCUT2D eigenvalue weighted by molar-refractivity contribution is -0.136. The van der Waals surface area contributed by atoms with Crippen molar-refractivity contribution in [2.45, 2.75) is 20.8 Å². The first-order valence-electron chi connectivity index (χ1n) is 5.80. The summed E-state index contributed by atoms with van der Waals surface area (Å²) in [6.07, 6.45) is 1.75. The Balaban J connectivity index is 3.08. The third-order valence-corrected chi connectivity index (χ3v) is 2.26. The number of esters is 1. The molecule has 0 unspecified atom stereocenters. The maximum absolute atomic E-state index is 11.8. The van der Waals surface area contributed by atoms with Gasteiger partial charge in [-0.25, -0.2) is 4.79 Å². The van der Waals surface area contributed by atoms with Crippen LogP contribution in [0.5, 0.6) is 5.75 Å². The minimum Gasteiger partial charge on any atom is -0.493 e. The van der Waals surface area contributed by atoms with E-state index >= 15 is 0 Å². The second-order valence-corrected chi connectivity index (χ2v) is 3.35. The molecule has 3 nitrogen and oxygen atoms in total.